The van der Waals surface area contributed by atoms with E-state index in [-0.39, 0.29) is 11.5 Å². The molecule has 1 atom stereocenters. The second-order valence-corrected chi connectivity index (χ2v) is 9.11. The van der Waals surface area contributed by atoms with Crippen LogP contribution in [0.4, 0.5) is 25.8 Å². The normalized spacial score (nSPS) is 17.8. The molecular weight excluding hydrogens is 419 g/mol. The van der Waals surface area contributed by atoms with Crippen LogP contribution in [0.5, 0.6) is 0 Å². The second kappa shape index (κ2) is 8.21. The summed E-state index contributed by atoms with van der Waals surface area (Å²) in [6, 6.07) is 11.9. The number of nitrogens with zero attached hydrogens (tertiary/aromatic N) is 1. The van der Waals surface area contributed by atoms with E-state index in [1.807, 2.05) is 18.2 Å². The summed E-state index contributed by atoms with van der Waals surface area (Å²) >= 11 is 0. The van der Waals surface area contributed by atoms with E-state index in [0.717, 1.165) is 22.6 Å². The van der Waals surface area contributed by atoms with Crippen molar-refractivity contribution in [3.63, 3.8) is 0 Å². The van der Waals surface area contributed by atoms with Gasteiger partial charge < -0.3 is 20.6 Å². The van der Waals surface area contributed by atoms with E-state index in [1.54, 1.807) is 21.4 Å². The Bertz CT molecular complexity index is 997. The zero-order valence-electron chi connectivity index (χ0n) is 17.1. The van der Waals surface area contributed by atoms with Gasteiger partial charge in [0.15, 0.2) is 0 Å². The maximum atomic E-state index is 13.4. The van der Waals surface area contributed by atoms with Crippen molar-refractivity contribution < 1.29 is 18.7 Å². The molecular formula is C23H26F2N3O2P. The Balaban J connectivity index is 1.32. The number of piperidine rings is 1. The van der Waals surface area contributed by atoms with Crippen molar-refractivity contribution in [3.8, 4) is 0 Å². The van der Waals surface area contributed by atoms with Crippen molar-refractivity contribution in [2.45, 2.75) is 36.9 Å². The fourth-order valence-electron chi connectivity index (χ4n) is 4.20. The van der Waals surface area contributed by atoms with E-state index in [0.29, 0.717) is 44.5 Å². The molecule has 0 aromatic heterocycles. The molecule has 164 valence electrons. The van der Waals surface area contributed by atoms with Crippen molar-refractivity contribution >= 4 is 32.2 Å². The van der Waals surface area contributed by atoms with Gasteiger partial charge in [-0.3, -0.25) is 4.79 Å². The van der Waals surface area contributed by atoms with Crippen LogP contribution in [0.15, 0.2) is 54.7 Å². The fraction of sp³-hybridized carbons (Fsp3) is 0.348. The van der Waals surface area contributed by atoms with Gasteiger partial charge in [0.2, 0.25) is 5.91 Å². The molecule has 0 saturated carbocycles. The topological polar surface area (TPSA) is 64.6 Å². The summed E-state index contributed by atoms with van der Waals surface area (Å²) in [6.45, 7) is 5.33. The first-order valence-corrected chi connectivity index (χ1v) is 10.8. The third kappa shape index (κ3) is 5.05. The van der Waals surface area contributed by atoms with Gasteiger partial charge in [-0.25, -0.2) is 0 Å². The van der Waals surface area contributed by atoms with Gasteiger partial charge >= 0.3 is 0 Å². The van der Waals surface area contributed by atoms with Crippen LogP contribution in [0.3, 0.4) is 0 Å². The Morgan fingerprint density at radius 1 is 1.23 bits per heavy atom. The highest BCUT2D eigenvalue weighted by Crippen LogP contribution is 2.37. The van der Waals surface area contributed by atoms with E-state index in [4.69, 9.17) is 0 Å². The number of aliphatic hydroxyl groups is 1. The van der Waals surface area contributed by atoms with E-state index >= 15 is 0 Å². The summed E-state index contributed by atoms with van der Waals surface area (Å²) in [7, 11) is 1.55. The summed E-state index contributed by atoms with van der Waals surface area (Å²) in [4.78, 5) is 13.6. The van der Waals surface area contributed by atoms with Gasteiger partial charge in [0.1, 0.15) is 0 Å². The smallest absolute Gasteiger partial charge is 0.283 e. The van der Waals surface area contributed by atoms with Crippen LogP contribution in [-0.4, -0.2) is 29.7 Å². The van der Waals surface area contributed by atoms with Gasteiger partial charge in [-0.15, -0.1) is 0 Å². The molecule has 4 rings (SSSR count). The maximum Gasteiger partial charge on any atom is 0.283 e. The van der Waals surface area contributed by atoms with Crippen molar-refractivity contribution in [1.29, 1.82) is 0 Å². The molecule has 0 radical (unpaired) electrons. The number of fused-ring (bicyclic) bond motifs is 1. The SMILES string of the molecule is C=C(CC1(O)CCN(c2ccc(C(F)(F)P)cc2)CC1)Nc1ccc2c(c1)CC(=O)N2. The lowest BCUT2D eigenvalue weighted by Crippen LogP contribution is -2.45. The summed E-state index contributed by atoms with van der Waals surface area (Å²) in [5.74, 6) is -0.0102. The molecule has 2 aromatic carbocycles. The van der Waals surface area contributed by atoms with Crippen molar-refractivity contribution in [3.05, 3.63) is 65.9 Å². The number of rotatable bonds is 6. The highest BCUT2D eigenvalue weighted by Gasteiger charge is 2.33. The highest BCUT2D eigenvalue weighted by atomic mass is 31.0. The average Bonchev–Trinajstić information content (AvgIpc) is 3.07. The predicted octanol–water partition coefficient (Wildman–Crippen LogP) is 4.45. The lowest BCUT2D eigenvalue weighted by atomic mass is 9.87. The molecule has 2 aliphatic heterocycles. The van der Waals surface area contributed by atoms with Gasteiger partial charge in [0.25, 0.3) is 5.66 Å². The van der Waals surface area contributed by atoms with Gasteiger partial charge in [0.05, 0.1) is 12.0 Å². The molecule has 1 unspecified atom stereocenters. The molecule has 0 spiro atoms. The van der Waals surface area contributed by atoms with Crippen LogP contribution in [0.25, 0.3) is 0 Å². The summed E-state index contributed by atoms with van der Waals surface area (Å²) < 4.78 is 26.7. The van der Waals surface area contributed by atoms with E-state index in [2.05, 4.69) is 22.1 Å². The number of alkyl halides is 2. The molecule has 8 heteroatoms. The third-order valence-electron chi connectivity index (χ3n) is 5.91. The van der Waals surface area contributed by atoms with Crippen LogP contribution in [0.2, 0.25) is 0 Å². The molecule has 1 saturated heterocycles. The number of nitrogens with one attached hydrogen (secondary N) is 2. The Kier molecular flexibility index (Phi) is 5.75. The zero-order chi connectivity index (χ0) is 22.2. The predicted molar refractivity (Wildman–Crippen MR) is 123 cm³/mol. The second-order valence-electron chi connectivity index (χ2n) is 8.38. The van der Waals surface area contributed by atoms with Crippen molar-refractivity contribution in [2.75, 3.05) is 28.6 Å². The summed E-state index contributed by atoms with van der Waals surface area (Å²) in [5, 5.41) is 17.1. The minimum atomic E-state index is -2.93. The lowest BCUT2D eigenvalue weighted by molar-refractivity contribution is -0.115. The Labute approximate surface area is 182 Å². The first kappa shape index (κ1) is 21.7. The molecule has 2 heterocycles. The molecule has 2 aliphatic rings. The molecule has 2 aromatic rings. The number of halogens is 2. The fourth-order valence-corrected chi connectivity index (χ4v) is 4.40. The van der Waals surface area contributed by atoms with Crippen LogP contribution in [0.1, 0.15) is 30.4 Å². The van der Waals surface area contributed by atoms with E-state index < -0.39 is 11.3 Å². The largest absolute Gasteiger partial charge is 0.389 e. The van der Waals surface area contributed by atoms with Gasteiger partial charge in [-0.1, -0.05) is 28.0 Å². The first-order valence-electron chi connectivity index (χ1n) is 10.2. The quantitative estimate of drug-likeness (QED) is 0.575. The number of carbonyl (C=O) groups excluding carboxylic acids is 1. The number of anilines is 3. The molecule has 3 N–H and O–H groups in total. The van der Waals surface area contributed by atoms with Crippen LogP contribution >= 0.6 is 9.24 Å². The molecule has 0 bridgehead atoms. The monoisotopic (exact) mass is 445 g/mol. The molecule has 0 aliphatic carbocycles. The number of carbonyl (C=O) groups is 1. The van der Waals surface area contributed by atoms with Crippen molar-refractivity contribution in [2.24, 2.45) is 0 Å². The minimum Gasteiger partial charge on any atom is -0.389 e. The van der Waals surface area contributed by atoms with Gasteiger partial charge in [-0.05, 0) is 48.7 Å². The molecule has 5 nitrogen and oxygen atoms in total. The molecule has 1 amide bonds. The lowest BCUT2D eigenvalue weighted by Gasteiger charge is -2.40. The third-order valence-corrected chi connectivity index (χ3v) is 6.24. The minimum absolute atomic E-state index is 0.0102. The zero-order valence-corrected chi connectivity index (χ0v) is 18.3. The number of hydrogen-bond donors (Lipinski definition) is 3. The average molecular weight is 445 g/mol. The van der Waals surface area contributed by atoms with E-state index in [9.17, 15) is 18.7 Å². The van der Waals surface area contributed by atoms with Crippen LogP contribution < -0.4 is 15.5 Å². The molecule has 31 heavy (non-hydrogen) atoms. The summed E-state index contributed by atoms with van der Waals surface area (Å²) in [6.07, 6.45) is 1.88. The maximum absolute atomic E-state index is 13.4. The highest BCUT2D eigenvalue weighted by molar-refractivity contribution is 7.17. The van der Waals surface area contributed by atoms with Gasteiger partial charge in [0, 0.05) is 47.8 Å². The first-order chi connectivity index (χ1) is 14.6. The standard InChI is InChI=1S/C23H26F2N3O2P/c1-15(26-18-4-7-20-16(12-18)13-21(29)27-20)14-22(30)8-10-28(11-9-22)19-5-2-17(3-6-19)23(24,25)31/h2-7,12,26,30H,1,8-11,13-14,31H2,(H,27,29). The number of hydrogen-bond acceptors (Lipinski definition) is 4. The van der Waals surface area contributed by atoms with Gasteiger partial charge in [-0.2, -0.15) is 8.78 Å². The van der Waals surface area contributed by atoms with E-state index in [1.165, 1.54) is 12.1 Å². The van der Waals surface area contributed by atoms with Crippen LogP contribution in [0, 0.1) is 0 Å². The van der Waals surface area contributed by atoms with Crippen molar-refractivity contribution in [1.82, 2.24) is 0 Å². The molecule has 1 fully saturated rings. The number of benzene rings is 2. The Morgan fingerprint density at radius 3 is 2.55 bits per heavy atom. The Morgan fingerprint density at radius 2 is 1.90 bits per heavy atom. The Hall–Kier alpha value is -2.50. The number of amides is 1. The van der Waals surface area contributed by atoms with Crippen LogP contribution in [-0.2, 0) is 16.9 Å². The summed E-state index contributed by atoms with van der Waals surface area (Å²) in [5.41, 5.74) is 0.359.